The first-order valence-corrected chi connectivity index (χ1v) is 5.15. The molecule has 0 bridgehead atoms. The molecule has 3 unspecified atom stereocenters. The van der Waals surface area contributed by atoms with Gasteiger partial charge in [0.1, 0.15) is 12.2 Å². The highest BCUT2D eigenvalue weighted by Crippen LogP contribution is 2.26. The van der Waals surface area contributed by atoms with Crippen LogP contribution in [-0.4, -0.2) is 57.6 Å². The molecule has 0 radical (unpaired) electrons. The average Bonchev–Trinajstić information content (AvgIpc) is 2.15. The van der Waals surface area contributed by atoms with Crippen molar-refractivity contribution < 1.29 is 24.8 Å². The molecule has 13 heavy (non-hydrogen) atoms. The Labute approximate surface area is 89.8 Å². The van der Waals surface area contributed by atoms with Crippen LogP contribution >= 0.6 is 22.6 Å². The fraction of sp³-hybridized carbons (Fsp3) is 1.00. The Balaban J connectivity index is 2.66. The minimum atomic E-state index is -1.06. The van der Waals surface area contributed by atoms with Gasteiger partial charge in [-0.05, 0) is 0 Å². The van der Waals surface area contributed by atoms with Gasteiger partial charge in [-0.15, -0.1) is 0 Å². The summed E-state index contributed by atoms with van der Waals surface area (Å²) >= 11 is 1.94. The number of rotatable bonds is 2. The summed E-state index contributed by atoms with van der Waals surface area (Å²) in [5, 5.41) is 27.8. The van der Waals surface area contributed by atoms with Gasteiger partial charge in [0.2, 0.25) is 0 Å². The summed E-state index contributed by atoms with van der Waals surface area (Å²) in [6.45, 7) is -0.332. The number of halogens is 1. The van der Waals surface area contributed by atoms with Crippen molar-refractivity contribution in [3.05, 3.63) is 0 Å². The lowest BCUT2D eigenvalue weighted by Crippen LogP contribution is -2.56. The van der Waals surface area contributed by atoms with Gasteiger partial charge in [-0.1, -0.05) is 22.6 Å². The second-order valence-electron chi connectivity index (χ2n) is 2.89. The molecule has 1 aliphatic heterocycles. The van der Waals surface area contributed by atoms with E-state index in [4.69, 9.17) is 14.6 Å². The van der Waals surface area contributed by atoms with E-state index in [1.165, 1.54) is 7.11 Å². The molecule has 5 nitrogen and oxygen atoms in total. The Morgan fingerprint density at radius 1 is 1.38 bits per heavy atom. The fourth-order valence-electron chi connectivity index (χ4n) is 1.23. The molecule has 3 N–H and O–H groups in total. The maximum atomic E-state index is 9.52. The van der Waals surface area contributed by atoms with Crippen LogP contribution in [0.1, 0.15) is 0 Å². The van der Waals surface area contributed by atoms with Crippen LogP contribution < -0.4 is 0 Å². The van der Waals surface area contributed by atoms with Gasteiger partial charge in [-0.25, -0.2) is 0 Å². The van der Waals surface area contributed by atoms with Crippen LogP contribution in [0, 0.1) is 0 Å². The van der Waals surface area contributed by atoms with E-state index in [0.29, 0.717) is 0 Å². The van der Waals surface area contributed by atoms with Gasteiger partial charge in [-0.2, -0.15) is 0 Å². The maximum Gasteiger partial charge on any atom is 0.172 e. The quantitative estimate of drug-likeness (QED) is 0.445. The van der Waals surface area contributed by atoms with E-state index in [-0.39, 0.29) is 10.5 Å². The molecule has 0 aliphatic carbocycles. The van der Waals surface area contributed by atoms with E-state index in [9.17, 15) is 10.2 Å². The van der Waals surface area contributed by atoms with Gasteiger partial charge in [-0.3, -0.25) is 0 Å². The summed E-state index contributed by atoms with van der Waals surface area (Å²) in [6, 6.07) is 0. The van der Waals surface area contributed by atoms with Crippen molar-refractivity contribution in [2.24, 2.45) is 0 Å². The summed E-state index contributed by atoms with van der Waals surface area (Å²) in [6.07, 6.45) is -3.35. The smallest absolute Gasteiger partial charge is 0.172 e. The third-order valence-corrected chi connectivity index (χ3v) is 3.36. The highest BCUT2D eigenvalue weighted by Gasteiger charge is 2.42. The predicted octanol–water partition coefficient (Wildman–Crippen LogP) is -1.12. The van der Waals surface area contributed by atoms with Gasteiger partial charge >= 0.3 is 0 Å². The number of ether oxygens (including phenoxy) is 2. The lowest BCUT2D eigenvalue weighted by atomic mass is 10.0. The monoisotopic (exact) mass is 304 g/mol. The van der Waals surface area contributed by atoms with E-state index < -0.39 is 24.6 Å². The van der Waals surface area contributed by atoms with Gasteiger partial charge in [0.05, 0.1) is 16.6 Å². The molecule has 0 saturated carbocycles. The summed E-state index contributed by atoms with van der Waals surface area (Å²) < 4.78 is 9.80. The molecule has 1 aliphatic rings. The van der Waals surface area contributed by atoms with Crippen molar-refractivity contribution >= 4 is 22.6 Å². The van der Waals surface area contributed by atoms with Crippen LogP contribution in [0.3, 0.4) is 0 Å². The van der Waals surface area contributed by atoms with Crippen LogP contribution in [0.25, 0.3) is 0 Å². The van der Waals surface area contributed by atoms with Crippen molar-refractivity contribution in [1.82, 2.24) is 0 Å². The van der Waals surface area contributed by atoms with E-state index in [1.54, 1.807) is 0 Å². The Morgan fingerprint density at radius 2 is 2.00 bits per heavy atom. The largest absolute Gasteiger partial charge is 0.394 e. The third kappa shape index (κ3) is 2.31. The first kappa shape index (κ1) is 11.6. The highest BCUT2D eigenvalue weighted by atomic mass is 127. The molecule has 1 heterocycles. The predicted molar refractivity (Wildman–Crippen MR) is 52.6 cm³/mol. The van der Waals surface area contributed by atoms with E-state index in [1.807, 2.05) is 22.6 Å². The third-order valence-electron chi connectivity index (χ3n) is 2.04. The summed E-state index contributed by atoms with van der Waals surface area (Å²) in [4.78, 5) is 0. The van der Waals surface area contributed by atoms with E-state index in [2.05, 4.69) is 0 Å². The Kier molecular flexibility index (Phi) is 4.33. The Hall–Kier alpha value is 0.530. The number of aliphatic hydroxyl groups is 3. The van der Waals surface area contributed by atoms with Gasteiger partial charge in [0.15, 0.2) is 6.29 Å². The summed E-state index contributed by atoms with van der Waals surface area (Å²) in [7, 11) is 1.45. The molecular formula is C7H13IO5. The lowest BCUT2D eigenvalue weighted by Gasteiger charge is -2.39. The van der Waals surface area contributed by atoms with Crippen molar-refractivity contribution in [2.45, 2.75) is 28.5 Å². The van der Waals surface area contributed by atoms with Crippen molar-refractivity contribution in [3.63, 3.8) is 0 Å². The number of methoxy groups -OCH3 is 1. The molecule has 1 rings (SSSR count). The number of alkyl halides is 1. The molecule has 0 aromatic rings. The first-order chi connectivity index (χ1) is 6.11. The Morgan fingerprint density at radius 3 is 2.46 bits per heavy atom. The van der Waals surface area contributed by atoms with Crippen LogP contribution in [0.4, 0.5) is 0 Å². The minimum Gasteiger partial charge on any atom is -0.394 e. The summed E-state index contributed by atoms with van der Waals surface area (Å²) in [5.41, 5.74) is 0. The zero-order valence-corrected chi connectivity index (χ0v) is 9.29. The normalized spacial score (nSPS) is 46.4. The van der Waals surface area contributed by atoms with Crippen LogP contribution in [0.2, 0.25) is 0 Å². The zero-order chi connectivity index (χ0) is 10.0. The average molecular weight is 304 g/mol. The topological polar surface area (TPSA) is 79.2 Å². The summed E-state index contributed by atoms with van der Waals surface area (Å²) in [5.74, 6) is 0. The second-order valence-corrected chi connectivity index (χ2v) is 4.33. The van der Waals surface area contributed by atoms with E-state index >= 15 is 0 Å². The molecule has 1 fully saturated rings. The molecule has 5 atom stereocenters. The lowest BCUT2D eigenvalue weighted by molar-refractivity contribution is -0.241. The van der Waals surface area contributed by atoms with Gasteiger partial charge in [0.25, 0.3) is 0 Å². The fourth-order valence-corrected chi connectivity index (χ4v) is 2.12. The number of hydrogen-bond donors (Lipinski definition) is 3. The molecular weight excluding hydrogens is 291 g/mol. The molecule has 6 heteroatoms. The molecule has 0 amide bonds. The van der Waals surface area contributed by atoms with Crippen molar-refractivity contribution in [1.29, 1.82) is 0 Å². The molecule has 1 saturated heterocycles. The molecule has 0 aromatic heterocycles. The van der Waals surface area contributed by atoms with E-state index in [0.717, 1.165) is 0 Å². The number of hydrogen-bond acceptors (Lipinski definition) is 5. The van der Waals surface area contributed by atoms with Crippen molar-refractivity contribution in [2.75, 3.05) is 13.7 Å². The van der Waals surface area contributed by atoms with Crippen LogP contribution in [0.15, 0.2) is 0 Å². The highest BCUT2D eigenvalue weighted by molar-refractivity contribution is 14.1. The molecule has 0 spiro atoms. The second kappa shape index (κ2) is 4.85. The number of aliphatic hydroxyl groups excluding tert-OH is 3. The Bertz CT molecular complexity index is 147. The SMILES string of the molecule is CO[C@H]1OC(CO)[C@@H](O)C(O)C1I. The van der Waals surface area contributed by atoms with Crippen LogP contribution in [0.5, 0.6) is 0 Å². The maximum absolute atomic E-state index is 9.52. The minimum absolute atomic E-state index is 0.332. The zero-order valence-electron chi connectivity index (χ0n) is 7.13. The van der Waals surface area contributed by atoms with Gasteiger partial charge < -0.3 is 24.8 Å². The van der Waals surface area contributed by atoms with Gasteiger partial charge in [0, 0.05) is 7.11 Å². The first-order valence-electron chi connectivity index (χ1n) is 3.91. The standard InChI is InChI=1S/C7H13IO5/c1-12-7-4(8)6(11)5(10)3(2-9)13-7/h3-7,9-11H,2H2,1H3/t3?,4?,5-,6?,7+/m1/s1. The van der Waals surface area contributed by atoms with Crippen molar-refractivity contribution in [3.8, 4) is 0 Å². The molecule has 78 valence electrons. The molecule has 0 aromatic carbocycles. The van der Waals surface area contributed by atoms with Crippen LogP contribution in [-0.2, 0) is 9.47 Å².